The summed E-state index contributed by atoms with van der Waals surface area (Å²) in [5.41, 5.74) is 0. The summed E-state index contributed by atoms with van der Waals surface area (Å²) in [6.45, 7) is 0.902. The van der Waals surface area contributed by atoms with E-state index in [4.69, 9.17) is 0 Å². The molecule has 2 atom stereocenters. The van der Waals surface area contributed by atoms with Crippen LogP contribution in [-0.2, 0) is 4.79 Å². The number of hydrogen-bond donors (Lipinski definition) is 1. The summed E-state index contributed by atoms with van der Waals surface area (Å²) >= 11 is 1.96. The first-order chi connectivity index (χ1) is 8.22. The molecule has 3 rings (SSSR count). The lowest BCUT2D eigenvalue weighted by Crippen LogP contribution is -2.40. The zero-order valence-electron chi connectivity index (χ0n) is 10.7. The van der Waals surface area contributed by atoms with E-state index in [1.54, 1.807) is 0 Å². The Morgan fingerprint density at radius 1 is 1.24 bits per heavy atom. The Morgan fingerprint density at radius 3 is 2.47 bits per heavy atom. The van der Waals surface area contributed by atoms with Crippen LogP contribution in [0.1, 0.15) is 44.9 Å². The molecule has 96 valence electrons. The predicted molar refractivity (Wildman–Crippen MR) is 72.0 cm³/mol. The standard InChI is InChI=1S/C14H23NOS/c1-17-14(4-2-3-5-14)9-15-13(16)12-7-10-6-11(10)8-12/h10-12H,2-9H2,1H3,(H,15,16). The largest absolute Gasteiger partial charge is 0.354 e. The van der Waals surface area contributed by atoms with Gasteiger partial charge in [0.25, 0.3) is 0 Å². The molecule has 0 radical (unpaired) electrons. The van der Waals surface area contributed by atoms with Crippen LogP contribution in [0.4, 0.5) is 0 Å². The fourth-order valence-electron chi connectivity index (χ4n) is 3.79. The summed E-state index contributed by atoms with van der Waals surface area (Å²) in [6.07, 6.45) is 11.2. The van der Waals surface area contributed by atoms with Crippen LogP contribution >= 0.6 is 11.8 Å². The van der Waals surface area contributed by atoms with Gasteiger partial charge in [-0.1, -0.05) is 12.8 Å². The van der Waals surface area contributed by atoms with E-state index in [0.29, 0.717) is 16.6 Å². The molecule has 3 saturated carbocycles. The summed E-state index contributed by atoms with van der Waals surface area (Å²) in [5, 5.41) is 3.24. The molecule has 2 unspecified atom stereocenters. The average Bonchev–Trinajstić information content (AvgIpc) is 2.82. The molecule has 0 spiro atoms. The van der Waals surface area contributed by atoms with Crippen molar-refractivity contribution in [2.75, 3.05) is 12.8 Å². The molecular formula is C14H23NOS. The van der Waals surface area contributed by atoms with E-state index in [1.165, 1.54) is 44.9 Å². The smallest absolute Gasteiger partial charge is 0.223 e. The van der Waals surface area contributed by atoms with Gasteiger partial charge in [-0.05, 0) is 50.2 Å². The molecule has 0 bridgehead atoms. The summed E-state index contributed by atoms with van der Waals surface area (Å²) in [5.74, 6) is 2.51. The van der Waals surface area contributed by atoms with Gasteiger partial charge in [-0.2, -0.15) is 11.8 Å². The Labute approximate surface area is 108 Å². The highest BCUT2D eigenvalue weighted by atomic mass is 32.2. The minimum absolute atomic E-state index is 0.345. The van der Waals surface area contributed by atoms with Crippen LogP contribution in [0.25, 0.3) is 0 Å². The molecular weight excluding hydrogens is 230 g/mol. The van der Waals surface area contributed by atoms with Gasteiger partial charge in [0.1, 0.15) is 0 Å². The molecule has 17 heavy (non-hydrogen) atoms. The second kappa shape index (κ2) is 4.49. The van der Waals surface area contributed by atoms with Crippen LogP contribution < -0.4 is 5.32 Å². The molecule has 0 aromatic rings. The van der Waals surface area contributed by atoms with E-state index in [-0.39, 0.29) is 0 Å². The van der Waals surface area contributed by atoms with Crippen molar-refractivity contribution in [2.24, 2.45) is 17.8 Å². The maximum Gasteiger partial charge on any atom is 0.223 e. The highest BCUT2D eigenvalue weighted by Gasteiger charge is 2.48. The van der Waals surface area contributed by atoms with Crippen molar-refractivity contribution in [1.29, 1.82) is 0 Å². The maximum absolute atomic E-state index is 12.1. The van der Waals surface area contributed by atoms with E-state index < -0.39 is 0 Å². The molecule has 1 N–H and O–H groups in total. The summed E-state index contributed by atoms with van der Waals surface area (Å²) in [4.78, 5) is 12.1. The van der Waals surface area contributed by atoms with Crippen molar-refractivity contribution in [3.63, 3.8) is 0 Å². The number of amides is 1. The molecule has 0 aromatic carbocycles. The first-order valence-corrected chi connectivity index (χ1v) is 8.28. The van der Waals surface area contributed by atoms with Crippen molar-refractivity contribution in [2.45, 2.75) is 49.7 Å². The van der Waals surface area contributed by atoms with E-state index in [0.717, 1.165) is 18.4 Å². The number of fused-ring (bicyclic) bond motifs is 1. The van der Waals surface area contributed by atoms with Crippen LogP contribution in [0.5, 0.6) is 0 Å². The van der Waals surface area contributed by atoms with Gasteiger partial charge in [-0.25, -0.2) is 0 Å². The monoisotopic (exact) mass is 253 g/mol. The molecule has 3 aliphatic carbocycles. The number of carbonyl (C=O) groups is 1. The molecule has 3 fully saturated rings. The highest BCUT2D eigenvalue weighted by molar-refractivity contribution is 8.00. The van der Waals surface area contributed by atoms with Crippen molar-refractivity contribution in [3.05, 3.63) is 0 Å². The molecule has 2 nitrogen and oxygen atoms in total. The summed E-state index contributed by atoms with van der Waals surface area (Å²) in [6, 6.07) is 0. The third-order valence-electron chi connectivity index (χ3n) is 5.15. The lowest BCUT2D eigenvalue weighted by molar-refractivity contribution is -0.125. The SMILES string of the molecule is CSC1(CNC(=O)C2CC3CC3C2)CCCC1. The molecule has 0 heterocycles. The lowest BCUT2D eigenvalue weighted by atomic mass is 10.0. The van der Waals surface area contributed by atoms with Crippen LogP contribution in [0.2, 0.25) is 0 Å². The summed E-state index contributed by atoms with van der Waals surface area (Å²) in [7, 11) is 0. The van der Waals surface area contributed by atoms with Gasteiger partial charge < -0.3 is 5.32 Å². The zero-order valence-corrected chi connectivity index (χ0v) is 11.5. The third kappa shape index (κ3) is 2.35. The van der Waals surface area contributed by atoms with Gasteiger partial charge in [0.05, 0.1) is 0 Å². The van der Waals surface area contributed by atoms with Crippen LogP contribution in [-0.4, -0.2) is 23.5 Å². The second-order valence-corrected chi connectivity index (χ2v) is 7.51. The van der Waals surface area contributed by atoms with Gasteiger partial charge in [-0.15, -0.1) is 0 Å². The fraction of sp³-hybridized carbons (Fsp3) is 0.929. The first kappa shape index (κ1) is 11.9. The quantitative estimate of drug-likeness (QED) is 0.834. The molecule has 0 saturated heterocycles. The van der Waals surface area contributed by atoms with E-state index in [9.17, 15) is 4.79 Å². The minimum Gasteiger partial charge on any atom is -0.354 e. The van der Waals surface area contributed by atoms with Crippen molar-refractivity contribution in [3.8, 4) is 0 Å². The van der Waals surface area contributed by atoms with Crippen molar-refractivity contribution in [1.82, 2.24) is 5.32 Å². The molecule has 3 heteroatoms. The van der Waals surface area contributed by atoms with E-state index in [1.807, 2.05) is 11.8 Å². The molecule has 0 aliphatic heterocycles. The Kier molecular flexibility index (Phi) is 3.14. The van der Waals surface area contributed by atoms with Gasteiger partial charge in [-0.3, -0.25) is 4.79 Å². The van der Waals surface area contributed by atoms with Crippen LogP contribution in [0.15, 0.2) is 0 Å². The van der Waals surface area contributed by atoms with Gasteiger partial charge in [0.2, 0.25) is 5.91 Å². The average molecular weight is 253 g/mol. The van der Waals surface area contributed by atoms with Gasteiger partial charge >= 0.3 is 0 Å². The predicted octanol–water partition coefficient (Wildman–Crippen LogP) is 2.82. The number of carbonyl (C=O) groups excluding carboxylic acids is 1. The summed E-state index contributed by atoms with van der Waals surface area (Å²) < 4.78 is 0.358. The number of nitrogens with one attached hydrogen (secondary N) is 1. The van der Waals surface area contributed by atoms with Gasteiger partial charge in [0, 0.05) is 17.2 Å². The second-order valence-electron chi connectivity index (χ2n) is 6.24. The maximum atomic E-state index is 12.1. The fourth-order valence-corrected chi connectivity index (χ4v) is 4.71. The Balaban J connectivity index is 1.48. The Bertz CT molecular complexity index is 301. The lowest BCUT2D eigenvalue weighted by Gasteiger charge is -2.27. The number of rotatable bonds is 4. The van der Waals surface area contributed by atoms with Crippen molar-refractivity contribution >= 4 is 17.7 Å². The number of thioether (sulfide) groups is 1. The zero-order chi connectivity index (χ0) is 11.9. The molecule has 1 amide bonds. The highest BCUT2D eigenvalue weighted by Crippen LogP contribution is 2.54. The normalized spacial score (nSPS) is 37.8. The molecule has 0 aromatic heterocycles. The topological polar surface area (TPSA) is 29.1 Å². The van der Waals surface area contributed by atoms with Gasteiger partial charge in [0.15, 0.2) is 0 Å². The van der Waals surface area contributed by atoms with Crippen LogP contribution in [0.3, 0.4) is 0 Å². The third-order valence-corrected chi connectivity index (χ3v) is 6.57. The Morgan fingerprint density at radius 2 is 1.88 bits per heavy atom. The number of hydrogen-bond acceptors (Lipinski definition) is 2. The van der Waals surface area contributed by atoms with E-state index >= 15 is 0 Å². The first-order valence-electron chi connectivity index (χ1n) is 7.05. The van der Waals surface area contributed by atoms with E-state index in [2.05, 4.69) is 11.6 Å². The minimum atomic E-state index is 0.345. The van der Waals surface area contributed by atoms with Crippen molar-refractivity contribution < 1.29 is 4.79 Å². The Hall–Kier alpha value is -0.180. The molecule has 3 aliphatic rings. The van der Waals surface area contributed by atoms with Crippen LogP contribution in [0, 0.1) is 17.8 Å².